The average Bonchev–Trinajstić information content (AvgIpc) is 2.54. The first-order chi connectivity index (χ1) is 10.7. The van der Waals surface area contributed by atoms with Crippen LogP contribution in [0.15, 0.2) is 35.4 Å². The monoisotopic (exact) mass is 328 g/mol. The summed E-state index contributed by atoms with van der Waals surface area (Å²) in [5, 5.41) is 10.7. The Kier molecular flexibility index (Phi) is 4.47. The molecule has 0 saturated carbocycles. The number of aromatic nitrogens is 1. The largest absolute Gasteiger partial charge is 0.294 e. The van der Waals surface area contributed by atoms with Crippen molar-refractivity contribution in [2.24, 2.45) is 0 Å². The molecule has 0 N–H and O–H groups in total. The number of ketones is 1. The van der Waals surface area contributed by atoms with Crippen molar-refractivity contribution in [3.63, 3.8) is 0 Å². The van der Waals surface area contributed by atoms with Crippen LogP contribution in [0.3, 0.4) is 0 Å². The smallest absolute Gasteiger partial charge is 0.164 e. The van der Waals surface area contributed by atoms with Crippen molar-refractivity contribution in [1.29, 1.82) is 5.26 Å². The van der Waals surface area contributed by atoms with Gasteiger partial charge in [-0.05, 0) is 30.5 Å². The van der Waals surface area contributed by atoms with E-state index in [4.69, 9.17) is 11.6 Å². The second-order valence-corrected chi connectivity index (χ2v) is 6.48. The third-order valence-electron chi connectivity index (χ3n) is 3.63. The van der Waals surface area contributed by atoms with E-state index in [1.54, 1.807) is 6.07 Å². The van der Waals surface area contributed by atoms with Gasteiger partial charge < -0.3 is 0 Å². The number of rotatable bonds is 3. The topological polar surface area (TPSA) is 53.8 Å². The lowest BCUT2D eigenvalue weighted by atomic mass is 9.94. The van der Waals surface area contributed by atoms with Crippen molar-refractivity contribution in [3.05, 3.63) is 57.7 Å². The van der Waals surface area contributed by atoms with Crippen molar-refractivity contribution in [2.75, 3.05) is 0 Å². The zero-order chi connectivity index (χ0) is 15.5. The molecule has 110 valence electrons. The van der Waals surface area contributed by atoms with E-state index < -0.39 is 0 Å². The molecular formula is C17H13ClN2OS. The van der Waals surface area contributed by atoms with Crippen molar-refractivity contribution in [2.45, 2.75) is 30.0 Å². The zero-order valence-corrected chi connectivity index (χ0v) is 13.4. The van der Waals surface area contributed by atoms with Crippen LogP contribution in [0.2, 0.25) is 5.02 Å². The Morgan fingerprint density at radius 2 is 2.14 bits per heavy atom. The standard InChI is InChI=1S/C17H13ClN2OS/c18-14-5-2-1-4-11(14)10-22-17-12(9-19)8-13-15(20-17)6-3-7-16(13)21/h1-2,4-5,8H,3,6-7,10H2. The lowest BCUT2D eigenvalue weighted by Crippen LogP contribution is -2.13. The summed E-state index contributed by atoms with van der Waals surface area (Å²) in [5.41, 5.74) is 2.90. The Hall–Kier alpha value is -1.83. The highest BCUT2D eigenvalue weighted by Crippen LogP contribution is 2.30. The Balaban J connectivity index is 1.89. The van der Waals surface area contributed by atoms with Crippen molar-refractivity contribution in [3.8, 4) is 6.07 Å². The van der Waals surface area contributed by atoms with Crippen molar-refractivity contribution < 1.29 is 4.79 Å². The molecule has 0 radical (unpaired) electrons. The molecule has 3 rings (SSSR count). The van der Waals surface area contributed by atoms with Crippen LogP contribution in [-0.4, -0.2) is 10.8 Å². The van der Waals surface area contributed by atoms with Crippen LogP contribution >= 0.6 is 23.4 Å². The quantitative estimate of drug-likeness (QED) is 0.783. The Bertz CT molecular complexity index is 783. The summed E-state index contributed by atoms with van der Waals surface area (Å²) in [4.78, 5) is 16.5. The molecule has 1 aromatic heterocycles. The molecule has 0 fully saturated rings. The molecule has 0 atom stereocenters. The van der Waals surface area contributed by atoms with Crippen molar-refractivity contribution >= 4 is 29.1 Å². The normalized spacial score (nSPS) is 13.5. The minimum Gasteiger partial charge on any atom is -0.294 e. The van der Waals surface area contributed by atoms with Crippen LogP contribution in [0.4, 0.5) is 0 Å². The van der Waals surface area contributed by atoms with Gasteiger partial charge in [-0.2, -0.15) is 5.26 Å². The highest BCUT2D eigenvalue weighted by atomic mass is 35.5. The number of benzene rings is 1. The van der Waals surface area contributed by atoms with E-state index in [0.29, 0.717) is 33.3 Å². The lowest BCUT2D eigenvalue weighted by molar-refractivity contribution is 0.0971. The Morgan fingerprint density at radius 1 is 1.32 bits per heavy atom. The highest BCUT2D eigenvalue weighted by molar-refractivity contribution is 7.98. The minimum atomic E-state index is 0.0907. The first-order valence-electron chi connectivity index (χ1n) is 7.02. The second kappa shape index (κ2) is 6.51. The number of aryl methyl sites for hydroxylation is 1. The van der Waals surface area contributed by atoms with Gasteiger partial charge in [0.2, 0.25) is 0 Å². The van der Waals surface area contributed by atoms with Gasteiger partial charge in [-0.3, -0.25) is 4.79 Å². The fourth-order valence-corrected chi connectivity index (χ4v) is 3.73. The van der Waals surface area contributed by atoms with Gasteiger partial charge in [0.15, 0.2) is 5.78 Å². The van der Waals surface area contributed by atoms with Gasteiger partial charge >= 0.3 is 0 Å². The maximum Gasteiger partial charge on any atom is 0.164 e. The number of thioether (sulfide) groups is 1. The Morgan fingerprint density at radius 3 is 2.91 bits per heavy atom. The van der Waals surface area contributed by atoms with Gasteiger partial charge in [0, 0.05) is 22.8 Å². The predicted octanol–water partition coefficient (Wildman–Crippen LogP) is 4.42. The molecule has 22 heavy (non-hydrogen) atoms. The summed E-state index contributed by atoms with van der Waals surface area (Å²) in [6, 6.07) is 11.5. The summed E-state index contributed by atoms with van der Waals surface area (Å²) in [5.74, 6) is 0.738. The number of carbonyl (C=O) groups is 1. The van der Waals surface area contributed by atoms with Crippen LogP contribution in [0.5, 0.6) is 0 Å². The van der Waals surface area contributed by atoms with Gasteiger partial charge in [0.25, 0.3) is 0 Å². The molecule has 0 unspecified atom stereocenters. The molecule has 0 spiro atoms. The molecule has 1 aliphatic rings. The van der Waals surface area contributed by atoms with Gasteiger partial charge in [-0.25, -0.2) is 4.98 Å². The molecule has 1 aromatic carbocycles. The number of Topliss-reactive ketones (excluding diaryl/α,β-unsaturated/α-hetero) is 1. The number of nitrogens with zero attached hydrogens (tertiary/aromatic N) is 2. The average molecular weight is 329 g/mol. The molecule has 0 bridgehead atoms. The summed E-state index contributed by atoms with van der Waals surface area (Å²) in [6.45, 7) is 0. The highest BCUT2D eigenvalue weighted by Gasteiger charge is 2.21. The molecule has 0 aliphatic heterocycles. The van der Waals surface area contributed by atoms with Crippen LogP contribution in [0.1, 0.15) is 40.0 Å². The fraction of sp³-hybridized carbons (Fsp3) is 0.235. The lowest BCUT2D eigenvalue weighted by Gasteiger charge is -2.15. The molecule has 0 amide bonds. The number of hydrogen-bond donors (Lipinski definition) is 0. The summed E-state index contributed by atoms with van der Waals surface area (Å²) >= 11 is 7.64. The fourth-order valence-electron chi connectivity index (χ4n) is 2.47. The van der Waals surface area contributed by atoms with Crippen LogP contribution in [0, 0.1) is 11.3 Å². The van der Waals surface area contributed by atoms with E-state index in [2.05, 4.69) is 11.1 Å². The first kappa shape index (κ1) is 15.1. The maximum atomic E-state index is 11.9. The summed E-state index contributed by atoms with van der Waals surface area (Å²) < 4.78 is 0. The maximum absolute atomic E-state index is 11.9. The predicted molar refractivity (Wildman–Crippen MR) is 87.2 cm³/mol. The van der Waals surface area contributed by atoms with Crippen molar-refractivity contribution in [1.82, 2.24) is 4.98 Å². The summed E-state index contributed by atoms with van der Waals surface area (Å²) in [6.07, 6.45) is 2.18. The third kappa shape index (κ3) is 3.01. The molecular weight excluding hydrogens is 316 g/mol. The molecule has 1 heterocycles. The molecule has 3 nitrogen and oxygen atoms in total. The number of carbonyl (C=O) groups excluding carboxylic acids is 1. The molecule has 0 saturated heterocycles. The van der Waals surface area contributed by atoms with E-state index in [0.717, 1.165) is 24.1 Å². The Labute approximate surface area is 138 Å². The van der Waals surface area contributed by atoms with Gasteiger partial charge in [0.05, 0.1) is 11.3 Å². The van der Waals surface area contributed by atoms with E-state index in [9.17, 15) is 10.1 Å². The van der Waals surface area contributed by atoms with Crippen LogP contribution < -0.4 is 0 Å². The number of fused-ring (bicyclic) bond motifs is 1. The van der Waals surface area contributed by atoms with E-state index in [1.807, 2.05) is 24.3 Å². The van der Waals surface area contributed by atoms with E-state index >= 15 is 0 Å². The van der Waals surface area contributed by atoms with Gasteiger partial charge in [-0.1, -0.05) is 29.8 Å². The van der Waals surface area contributed by atoms with Crippen LogP contribution in [-0.2, 0) is 12.2 Å². The SMILES string of the molecule is N#Cc1cc2c(nc1SCc1ccccc1Cl)CCCC2=O. The molecule has 5 heteroatoms. The molecule has 2 aromatic rings. The molecule has 1 aliphatic carbocycles. The van der Waals surface area contributed by atoms with Gasteiger partial charge in [-0.15, -0.1) is 11.8 Å². The summed E-state index contributed by atoms with van der Waals surface area (Å²) in [7, 11) is 0. The van der Waals surface area contributed by atoms with E-state index in [-0.39, 0.29) is 5.78 Å². The number of nitriles is 1. The first-order valence-corrected chi connectivity index (χ1v) is 8.39. The zero-order valence-electron chi connectivity index (χ0n) is 11.8. The number of pyridine rings is 1. The van der Waals surface area contributed by atoms with Crippen LogP contribution in [0.25, 0.3) is 0 Å². The minimum absolute atomic E-state index is 0.0907. The number of halogens is 1. The number of hydrogen-bond acceptors (Lipinski definition) is 4. The van der Waals surface area contributed by atoms with E-state index in [1.165, 1.54) is 11.8 Å². The van der Waals surface area contributed by atoms with Gasteiger partial charge in [0.1, 0.15) is 11.1 Å². The third-order valence-corrected chi connectivity index (χ3v) is 5.04. The second-order valence-electron chi connectivity index (χ2n) is 5.10.